The Labute approximate surface area is 119 Å². The van der Waals surface area contributed by atoms with Gasteiger partial charge in [-0.25, -0.2) is 0 Å². The van der Waals surface area contributed by atoms with E-state index in [4.69, 9.17) is 9.15 Å². The number of hydrogen-bond donors (Lipinski definition) is 2. The fourth-order valence-electron chi connectivity index (χ4n) is 1.98. The second kappa shape index (κ2) is 7.12. The van der Waals surface area contributed by atoms with Gasteiger partial charge in [-0.1, -0.05) is 17.7 Å². The van der Waals surface area contributed by atoms with Gasteiger partial charge in [-0.05, 0) is 31.5 Å². The molecule has 1 aromatic heterocycles. The molecular formula is C16H21NO3. The summed E-state index contributed by atoms with van der Waals surface area (Å²) in [6, 6.07) is 7.91. The second-order valence-corrected chi connectivity index (χ2v) is 5.00. The first kappa shape index (κ1) is 14.6. The van der Waals surface area contributed by atoms with Crippen LogP contribution >= 0.6 is 0 Å². The van der Waals surface area contributed by atoms with Crippen LogP contribution in [0, 0.1) is 13.8 Å². The van der Waals surface area contributed by atoms with Crippen LogP contribution in [-0.2, 0) is 6.54 Å². The van der Waals surface area contributed by atoms with Crippen molar-refractivity contribution in [1.29, 1.82) is 0 Å². The zero-order valence-electron chi connectivity index (χ0n) is 11.9. The summed E-state index contributed by atoms with van der Waals surface area (Å²) in [6.07, 6.45) is 2.78. The van der Waals surface area contributed by atoms with Gasteiger partial charge in [0.25, 0.3) is 0 Å². The van der Waals surface area contributed by atoms with Crippen molar-refractivity contribution >= 4 is 0 Å². The van der Waals surface area contributed by atoms with Gasteiger partial charge < -0.3 is 19.6 Å². The fourth-order valence-corrected chi connectivity index (χ4v) is 1.98. The average molecular weight is 275 g/mol. The van der Waals surface area contributed by atoms with Gasteiger partial charge in [0.1, 0.15) is 18.5 Å². The molecule has 20 heavy (non-hydrogen) atoms. The van der Waals surface area contributed by atoms with E-state index in [2.05, 4.69) is 11.4 Å². The Morgan fingerprint density at radius 2 is 2.15 bits per heavy atom. The number of ether oxygens (including phenoxy) is 1. The van der Waals surface area contributed by atoms with E-state index in [9.17, 15) is 5.11 Å². The van der Waals surface area contributed by atoms with Crippen molar-refractivity contribution in [3.8, 4) is 5.75 Å². The van der Waals surface area contributed by atoms with E-state index in [1.807, 2.05) is 32.0 Å². The van der Waals surface area contributed by atoms with E-state index in [1.54, 1.807) is 12.5 Å². The van der Waals surface area contributed by atoms with Crippen LogP contribution < -0.4 is 10.1 Å². The first-order chi connectivity index (χ1) is 9.65. The van der Waals surface area contributed by atoms with Crippen LogP contribution in [0.5, 0.6) is 5.75 Å². The zero-order chi connectivity index (χ0) is 14.4. The van der Waals surface area contributed by atoms with E-state index < -0.39 is 6.10 Å². The number of aliphatic hydroxyl groups is 1. The van der Waals surface area contributed by atoms with Crippen LogP contribution in [0.1, 0.15) is 16.7 Å². The Hall–Kier alpha value is -1.78. The minimum absolute atomic E-state index is 0.280. The maximum absolute atomic E-state index is 9.87. The van der Waals surface area contributed by atoms with Crippen molar-refractivity contribution < 1.29 is 14.3 Å². The molecule has 1 unspecified atom stereocenters. The molecule has 2 N–H and O–H groups in total. The SMILES string of the molecule is Cc1ccc(OCC(O)CNCc2ccoc2)c(C)c1. The molecule has 0 amide bonds. The number of aryl methyl sites for hydroxylation is 2. The van der Waals surface area contributed by atoms with Gasteiger partial charge >= 0.3 is 0 Å². The molecule has 0 spiro atoms. The Balaban J connectivity index is 1.70. The molecule has 4 nitrogen and oxygen atoms in total. The average Bonchev–Trinajstić information content (AvgIpc) is 2.91. The van der Waals surface area contributed by atoms with E-state index >= 15 is 0 Å². The second-order valence-electron chi connectivity index (χ2n) is 5.00. The van der Waals surface area contributed by atoms with Gasteiger partial charge in [0.05, 0.1) is 12.5 Å². The number of nitrogens with one attached hydrogen (secondary N) is 1. The van der Waals surface area contributed by atoms with Crippen LogP contribution in [0.4, 0.5) is 0 Å². The van der Waals surface area contributed by atoms with E-state index in [0.29, 0.717) is 13.1 Å². The quantitative estimate of drug-likeness (QED) is 0.815. The topological polar surface area (TPSA) is 54.6 Å². The van der Waals surface area contributed by atoms with Crippen LogP contribution in [0.2, 0.25) is 0 Å². The first-order valence-electron chi connectivity index (χ1n) is 6.75. The molecule has 2 rings (SSSR count). The van der Waals surface area contributed by atoms with E-state index in [-0.39, 0.29) is 6.61 Å². The van der Waals surface area contributed by atoms with E-state index in [0.717, 1.165) is 16.9 Å². The molecule has 0 radical (unpaired) electrons. The number of aliphatic hydroxyl groups excluding tert-OH is 1. The third kappa shape index (κ3) is 4.40. The molecule has 4 heteroatoms. The Morgan fingerprint density at radius 3 is 2.85 bits per heavy atom. The molecule has 0 bridgehead atoms. The monoisotopic (exact) mass is 275 g/mol. The standard InChI is InChI=1S/C16H21NO3/c1-12-3-4-16(13(2)7-12)20-11-15(18)9-17-8-14-5-6-19-10-14/h3-7,10,15,17-18H,8-9,11H2,1-2H3. The summed E-state index contributed by atoms with van der Waals surface area (Å²) in [7, 11) is 0. The van der Waals surface area contributed by atoms with Gasteiger partial charge in [0.2, 0.25) is 0 Å². The molecule has 0 saturated carbocycles. The minimum atomic E-state index is -0.539. The summed E-state index contributed by atoms with van der Waals surface area (Å²) in [5.74, 6) is 0.824. The molecule has 0 aliphatic rings. The summed E-state index contributed by atoms with van der Waals surface area (Å²) in [5.41, 5.74) is 3.35. The maximum Gasteiger partial charge on any atom is 0.122 e. The van der Waals surface area contributed by atoms with Crippen LogP contribution in [0.25, 0.3) is 0 Å². The first-order valence-corrected chi connectivity index (χ1v) is 6.75. The Morgan fingerprint density at radius 1 is 1.30 bits per heavy atom. The summed E-state index contributed by atoms with van der Waals surface area (Å²) in [6.45, 7) is 5.49. The molecule has 108 valence electrons. The number of hydrogen-bond acceptors (Lipinski definition) is 4. The van der Waals surface area contributed by atoms with Gasteiger partial charge in [-0.15, -0.1) is 0 Å². The molecule has 0 aliphatic heterocycles. The lowest BCUT2D eigenvalue weighted by molar-refractivity contribution is 0.106. The van der Waals surface area contributed by atoms with Crippen molar-refractivity contribution in [2.75, 3.05) is 13.2 Å². The highest BCUT2D eigenvalue weighted by Crippen LogP contribution is 2.18. The van der Waals surface area contributed by atoms with Gasteiger partial charge in [0, 0.05) is 18.7 Å². The predicted octanol–water partition coefficient (Wildman–Crippen LogP) is 2.43. The highest BCUT2D eigenvalue weighted by molar-refractivity contribution is 5.35. The van der Waals surface area contributed by atoms with Crippen molar-refractivity contribution in [3.05, 3.63) is 53.5 Å². The summed E-state index contributed by atoms with van der Waals surface area (Å²) >= 11 is 0. The molecule has 2 aromatic rings. The van der Waals surface area contributed by atoms with E-state index in [1.165, 1.54) is 5.56 Å². The molecule has 1 atom stereocenters. The summed E-state index contributed by atoms with van der Waals surface area (Å²) < 4.78 is 10.6. The smallest absolute Gasteiger partial charge is 0.122 e. The van der Waals surface area contributed by atoms with Crippen LogP contribution in [-0.4, -0.2) is 24.4 Å². The molecule has 1 heterocycles. The van der Waals surface area contributed by atoms with Gasteiger partial charge in [-0.2, -0.15) is 0 Å². The fraction of sp³-hybridized carbons (Fsp3) is 0.375. The lowest BCUT2D eigenvalue weighted by Gasteiger charge is -2.14. The van der Waals surface area contributed by atoms with Crippen LogP contribution in [0.15, 0.2) is 41.2 Å². The molecular weight excluding hydrogens is 254 g/mol. The number of benzene rings is 1. The normalized spacial score (nSPS) is 12.3. The molecule has 0 aliphatic carbocycles. The highest BCUT2D eigenvalue weighted by Gasteiger charge is 2.07. The Kier molecular flexibility index (Phi) is 5.21. The lowest BCUT2D eigenvalue weighted by atomic mass is 10.1. The molecule has 1 aromatic carbocycles. The number of rotatable bonds is 7. The third-order valence-electron chi connectivity index (χ3n) is 3.05. The maximum atomic E-state index is 9.87. The lowest BCUT2D eigenvalue weighted by Crippen LogP contribution is -2.31. The zero-order valence-corrected chi connectivity index (χ0v) is 11.9. The van der Waals surface area contributed by atoms with Crippen LogP contribution in [0.3, 0.4) is 0 Å². The van der Waals surface area contributed by atoms with Crippen molar-refractivity contribution in [1.82, 2.24) is 5.32 Å². The third-order valence-corrected chi connectivity index (χ3v) is 3.05. The van der Waals surface area contributed by atoms with Gasteiger partial charge in [0.15, 0.2) is 0 Å². The highest BCUT2D eigenvalue weighted by atomic mass is 16.5. The van der Waals surface area contributed by atoms with Crippen molar-refractivity contribution in [2.24, 2.45) is 0 Å². The Bertz CT molecular complexity index is 523. The predicted molar refractivity (Wildman–Crippen MR) is 77.8 cm³/mol. The van der Waals surface area contributed by atoms with Gasteiger partial charge in [-0.3, -0.25) is 0 Å². The largest absolute Gasteiger partial charge is 0.491 e. The summed E-state index contributed by atoms with van der Waals surface area (Å²) in [5, 5.41) is 13.0. The summed E-state index contributed by atoms with van der Waals surface area (Å²) in [4.78, 5) is 0. The molecule has 0 saturated heterocycles. The number of furan rings is 1. The molecule has 0 fully saturated rings. The minimum Gasteiger partial charge on any atom is -0.491 e. The van der Waals surface area contributed by atoms with Crippen molar-refractivity contribution in [2.45, 2.75) is 26.5 Å². The van der Waals surface area contributed by atoms with Crippen molar-refractivity contribution in [3.63, 3.8) is 0 Å².